The molecule has 0 saturated carbocycles. The van der Waals surface area contributed by atoms with E-state index in [2.05, 4.69) is 23.7 Å². The van der Waals surface area contributed by atoms with E-state index in [4.69, 9.17) is 5.73 Å². The molecule has 2 N–H and O–H groups in total. The van der Waals surface area contributed by atoms with Gasteiger partial charge < -0.3 is 15.5 Å². The number of carbonyl (C=O) groups excluding carboxylic acids is 1. The number of hydrogen-bond acceptors (Lipinski definition) is 5. The lowest BCUT2D eigenvalue weighted by atomic mass is 10.0. The van der Waals surface area contributed by atoms with Crippen molar-refractivity contribution >= 4 is 22.4 Å². The first-order valence-electron chi connectivity index (χ1n) is 7.26. The Bertz CT molecular complexity index is 421. The molecule has 2 rings (SSSR count). The van der Waals surface area contributed by atoms with Crippen LogP contribution in [0, 0.1) is 5.92 Å². The molecule has 0 unspecified atom stereocenters. The van der Waals surface area contributed by atoms with Gasteiger partial charge in [0.15, 0.2) is 5.13 Å². The predicted octanol–water partition coefficient (Wildman–Crippen LogP) is 1.56. The van der Waals surface area contributed by atoms with Crippen LogP contribution in [-0.4, -0.2) is 48.0 Å². The molecular formula is C14H24N4OS. The van der Waals surface area contributed by atoms with Crippen LogP contribution < -0.4 is 10.6 Å². The Kier molecular flexibility index (Phi) is 5.37. The normalized spacial score (nSPS) is 18.2. The summed E-state index contributed by atoms with van der Waals surface area (Å²) in [4.78, 5) is 20.9. The van der Waals surface area contributed by atoms with Gasteiger partial charge in [-0.05, 0) is 18.8 Å². The standard InChI is InChI=1S/C14H24N4OS/c1-11(2)10-12(15)13(19)17-5-3-6-18(8-7-17)14-16-4-9-20-14/h4,9,11-12H,3,5-8,10,15H2,1-2H3/t12-/m0/s1. The van der Waals surface area contributed by atoms with Gasteiger partial charge in [-0.1, -0.05) is 13.8 Å². The fourth-order valence-corrected chi connectivity index (χ4v) is 3.24. The van der Waals surface area contributed by atoms with E-state index in [0.29, 0.717) is 5.92 Å². The zero-order valence-corrected chi connectivity index (χ0v) is 13.1. The highest BCUT2D eigenvalue weighted by molar-refractivity contribution is 7.13. The van der Waals surface area contributed by atoms with Gasteiger partial charge in [-0.15, -0.1) is 11.3 Å². The molecule has 1 aliphatic rings. The lowest BCUT2D eigenvalue weighted by Crippen LogP contribution is -2.45. The third-order valence-corrected chi connectivity index (χ3v) is 4.37. The van der Waals surface area contributed by atoms with Crippen LogP contribution in [0.1, 0.15) is 26.7 Å². The number of anilines is 1. The maximum Gasteiger partial charge on any atom is 0.239 e. The van der Waals surface area contributed by atoms with Crippen molar-refractivity contribution in [3.8, 4) is 0 Å². The molecule has 0 aromatic carbocycles. The first-order valence-corrected chi connectivity index (χ1v) is 8.14. The van der Waals surface area contributed by atoms with Crippen molar-refractivity contribution in [2.24, 2.45) is 11.7 Å². The van der Waals surface area contributed by atoms with E-state index in [1.54, 1.807) is 11.3 Å². The summed E-state index contributed by atoms with van der Waals surface area (Å²) in [6.07, 6.45) is 3.55. The van der Waals surface area contributed by atoms with Gasteiger partial charge in [-0.2, -0.15) is 0 Å². The van der Waals surface area contributed by atoms with Gasteiger partial charge in [0, 0.05) is 37.8 Å². The Morgan fingerprint density at radius 2 is 2.20 bits per heavy atom. The maximum atomic E-state index is 12.3. The molecule has 0 radical (unpaired) electrons. The molecule has 20 heavy (non-hydrogen) atoms. The average Bonchev–Trinajstić information content (AvgIpc) is 2.82. The molecular weight excluding hydrogens is 272 g/mol. The average molecular weight is 296 g/mol. The zero-order valence-electron chi connectivity index (χ0n) is 12.3. The van der Waals surface area contributed by atoms with Gasteiger partial charge in [0.2, 0.25) is 5.91 Å². The Balaban J connectivity index is 1.90. The van der Waals surface area contributed by atoms with Crippen LogP contribution in [0.4, 0.5) is 5.13 Å². The van der Waals surface area contributed by atoms with Crippen molar-refractivity contribution in [2.75, 3.05) is 31.1 Å². The number of hydrogen-bond donors (Lipinski definition) is 1. The van der Waals surface area contributed by atoms with Crippen LogP contribution >= 0.6 is 11.3 Å². The summed E-state index contributed by atoms with van der Waals surface area (Å²) in [6, 6.07) is -0.360. The molecule has 0 spiro atoms. The first-order chi connectivity index (χ1) is 9.58. The van der Waals surface area contributed by atoms with Crippen LogP contribution in [0.3, 0.4) is 0 Å². The van der Waals surface area contributed by atoms with Crippen LogP contribution in [0.2, 0.25) is 0 Å². The summed E-state index contributed by atoms with van der Waals surface area (Å²) in [5.74, 6) is 0.549. The lowest BCUT2D eigenvalue weighted by Gasteiger charge is -2.25. The van der Waals surface area contributed by atoms with Crippen molar-refractivity contribution < 1.29 is 4.79 Å². The second kappa shape index (κ2) is 7.04. The number of nitrogens with zero attached hydrogens (tertiary/aromatic N) is 3. The Hall–Kier alpha value is -1.14. The Labute approximate surface area is 124 Å². The van der Waals surface area contributed by atoms with Gasteiger partial charge in [0.25, 0.3) is 0 Å². The maximum absolute atomic E-state index is 12.3. The third-order valence-electron chi connectivity index (χ3n) is 3.54. The zero-order chi connectivity index (χ0) is 14.5. The summed E-state index contributed by atoms with van der Waals surface area (Å²) in [5.41, 5.74) is 6.01. The molecule has 0 bridgehead atoms. The minimum Gasteiger partial charge on any atom is -0.346 e. The minimum atomic E-state index is -0.360. The summed E-state index contributed by atoms with van der Waals surface area (Å²) in [6.45, 7) is 7.53. The molecule has 5 nitrogen and oxygen atoms in total. The van der Waals surface area contributed by atoms with Crippen molar-refractivity contribution in [1.82, 2.24) is 9.88 Å². The Morgan fingerprint density at radius 1 is 1.40 bits per heavy atom. The summed E-state index contributed by atoms with van der Waals surface area (Å²) in [7, 11) is 0. The number of carbonyl (C=O) groups is 1. The van der Waals surface area contributed by atoms with Crippen molar-refractivity contribution in [3.63, 3.8) is 0 Å². The number of aromatic nitrogens is 1. The molecule has 0 aliphatic carbocycles. The van der Waals surface area contributed by atoms with Crippen LogP contribution in [-0.2, 0) is 4.79 Å². The Morgan fingerprint density at radius 3 is 2.85 bits per heavy atom. The lowest BCUT2D eigenvalue weighted by molar-refractivity contribution is -0.132. The van der Waals surface area contributed by atoms with Crippen LogP contribution in [0.25, 0.3) is 0 Å². The third kappa shape index (κ3) is 3.93. The molecule has 1 aliphatic heterocycles. The summed E-state index contributed by atoms with van der Waals surface area (Å²) >= 11 is 1.65. The largest absolute Gasteiger partial charge is 0.346 e. The van der Waals surface area contributed by atoms with E-state index in [0.717, 1.165) is 44.2 Å². The fourth-order valence-electron chi connectivity index (χ4n) is 2.54. The highest BCUT2D eigenvalue weighted by Gasteiger charge is 2.24. The van der Waals surface area contributed by atoms with Gasteiger partial charge in [-0.25, -0.2) is 4.98 Å². The van der Waals surface area contributed by atoms with Gasteiger partial charge in [-0.3, -0.25) is 4.79 Å². The highest BCUT2D eigenvalue weighted by atomic mass is 32.1. The number of nitrogens with two attached hydrogens (primary N) is 1. The fraction of sp³-hybridized carbons (Fsp3) is 0.714. The van der Waals surface area contributed by atoms with E-state index in [1.807, 2.05) is 16.5 Å². The SMILES string of the molecule is CC(C)C[C@H](N)C(=O)N1CCCN(c2nccs2)CC1. The predicted molar refractivity (Wildman–Crippen MR) is 83.0 cm³/mol. The van der Waals surface area contributed by atoms with E-state index in [-0.39, 0.29) is 11.9 Å². The summed E-state index contributed by atoms with van der Waals surface area (Å²) in [5, 5.41) is 3.03. The van der Waals surface area contributed by atoms with Crippen LogP contribution in [0.15, 0.2) is 11.6 Å². The number of amides is 1. The van der Waals surface area contributed by atoms with Gasteiger partial charge in [0.05, 0.1) is 6.04 Å². The number of rotatable bonds is 4. The molecule has 1 aromatic heterocycles. The smallest absolute Gasteiger partial charge is 0.239 e. The molecule has 1 aromatic rings. The molecule has 112 valence electrons. The molecule has 1 atom stereocenters. The highest BCUT2D eigenvalue weighted by Crippen LogP contribution is 2.19. The monoisotopic (exact) mass is 296 g/mol. The van der Waals surface area contributed by atoms with Crippen molar-refractivity contribution in [3.05, 3.63) is 11.6 Å². The van der Waals surface area contributed by atoms with Gasteiger partial charge in [0.1, 0.15) is 0 Å². The molecule has 2 heterocycles. The summed E-state index contributed by atoms with van der Waals surface area (Å²) < 4.78 is 0. The van der Waals surface area contributed by atoms with E-state index < -0.39 is 0 Å². The van der Waals surface area contributed by atoms with Gasteiger partial charge >= 0.3 is 0 Å². The quantitative estimate of drug-likeness (QED) is 0.916. The van der Waals surface area contributed by atoms with Crippen LogP contribution in [0.5, 0.6) is 0 Å². The van der Waals surface area contributed by atoms with E-state index in [1.165, 1.54) is 0 Å². The molecule has 1 saturated heterocycles. The van der Waals surface area contributed by atoms with E-state index in [9.17, 15) is 4.79 Å². The van der Waals surface area contributed by atoms with Crippen molar-refractivity contribution in [2.45, 2.75) is 32.7 Å². The van der Waals surface area contributed by atoms with E-state index >= 15 is 0 Å². The second-order valence-corrected chi connectivity index (χ2v) is 6.59. The number of thiazole rings is 1. The first kappa shape index (κ1) is 15.3. The molecule has 1 fully saturated rings. The minimum absolute atomic E-state index is 0.0969. The molecule has 1 amide bonds. The second-order valence-electron chi connectivity index (χ2n) is 5.72. The topological polar surface area (TPSA) is 62.5 Å². The van der Waals surface area contributed by atoms with Crippen molar-refractivity contribution in [1.29, 1.82) is 0 Å². The molecule has 6 heteroatoms.